The first-order valence-corrected chi connectivity index (χ1v) is 4.50. The van der Waals surface area contributed by atoms with Gasteiger partial charge in [-0.1, -0.05) is 0 Å². The number of aliphatic hydroxyl groups is 1. The van der Waals surface area contributed by atoms with E-state index in [0.717, 1.165) is 19.4 Å². The van der Waals surface area contributed by atoms with Crippen molar-refractivity contribution in [3.8, 4) is 0 Å². The third-order valence-electron chi connectivity index (χ3n) is 1.72. The number of likely N-dealkylation sites (tertiary alicyclic amines) is 1. The van der Waals surface area contributed by atoms with Crippen LogP contribution in [0.2, 0.25) is 0 Å². The molecule has 1 aliphatic rings. The molecule has 0 radical (unpaired) electrons. The summed E-state index contributed by atoms with van der Waals surface area (Å²) in [5.74, 6) is 0.292. The van der Waals surface area contributed by atoms with E-state index in [9.17, 15) is 4.79 Å². The van der Waals surface area contributed by atoms with E-state index in [2.05, 4.69) is 0 Å². The molecule has 1 fully saturated rings. The number of hydrogen-bond donors (Lipinski definition) is 2. The molecule has 4 heteroatoms. The van der Waals surface area contributed by atoms with Gasteiger partial charge < -0.3 is 15.7 Å². The number of nitrogens with zero attached hydrogens (tertiary/aromatic N) is 1. The van der Waals surface area contributed by atoms with E-state index in [1.807, 2.05) is 7.05 Å². The molecular formula is C9H20N2O2. The molecule has 3 N–H and O–H groups in total. The molecule has 1 heterocycles. The van der Waals surface area contributed by atoms with E-state index in [0.29, 0.717) is 5.91 Å². The molecule has 13 heavy (non-hydrogen) atoms. The number of carbonyl (C=O) groups is 1. The van der Waals surface area contributed by atoms with Gasteiger partial charge >= 0.3 is 0 Å². The molecule has 0 bridgehead atoms. The maximum atomic E-state index is 10.5. The normalized spacial score (nSPS) is 17.0. The predicted molar refractivity (Wildman–Crippen MR) is 52.2 cm³/mol. The minimum atomic E-state index is -0.403. The molecule has 1 saturated heterocycles. The second-order valence-corrected chi connectivity index (χ2v) is 4.07. The molecule has 0 atom stereocenters. The number of amides is 1. The maximum absolute atomic E-state index is 10.5. The van der Waals surface area contributed by atoms with Gasteiger partial charge in [0.25, 0.3) is 0 Å². The van der Waals surface area contributed by atoms with Crippen LogP contribution in [0.1, 0.15) is 26.7 Å². The summed E-state index contributed by atoms with van der Waals surface area (Å²) in [5.41, 5.74) is 4.88. The summed E-state index contributed by atoms with van der Waals surface area (Å²) in [4.78, 5) is 12.3. The summed E-state index contributed by atoms with van der Waals surface area (Å²) in [6, 6.07) is 0. The van der Waals surface area contributed by atoms with Crippen LogP contribution in [0, 0.1) is 0 Å². The van der Waals surface area contributed by atoms with Crippen LogP contribution in [-0.4, -0.2) is 41.7 Å². The Morgan fingerprint density at radius 1 is 1.62 bits per heavy atom. The van der Waals surface area contributed by atoms with Crippen LogP contribution in [0.25, 0.3) is 0 Å². The number of hydrogen-bond acceptors (Lipinski definition) is 3. The van der Waals surface area contributed by atoms with Crippen molar-refractivity contribution < 1.29 is 9.90 Å². The highest BCUT2D eigenvalue weighted by atomic mass is 16.3. The third kappa shape index (κ3) is 6.54. The summed E-state index contributed by atoms with van der Waals surface area (Å²) in [5, 5.41) is 8.28. The Kier molecular flexibility index (Phi) is 4.95. The molecule has 0 spiro atoms. The van der Waals surface area contributed by atoms with E-state index in [-0.39, 0.29) is 6.61 Å². The number of aliphatic hydroxyl groups excluding tert-OH is 1. The summed E-state index contributed by atoms with van der Waals surface area (Å²) >= 11 is 0. The van der Waals surface area contributed by atoms with Gasteiger partial charge in [-0.05, 0) is 20.3 Å². The van der Waals surface area contributed by atoms with E-state index < -0.39 is 5.54 Å². The smallest absolute Gasteiger partial charge is 0.222 e. The van der Waals surface area contributed by atoms with Gasteiger partial charge in [-0.15, -0.1) is 0 Å². The van der Waals surface area contributed by atoms with Crippen molar-refractivity contribution in [2.45, 2.75) is 32.2 Å². The highest BCUT2D eigenvalue weighted by molar-refractivity contribution is 5.77. The Hall–Kier alpha value is -0.610. The molecule has 78 valence electrons. The zero-order valence-electron chi connectivity index (χ0n) is 8.71. The first kappa shape index (κ1) is 12.4. The minimum Gasteiger partial charge on any atom is -0.394 e. The molecule has 0 aromatic rings. The fourth-order valence-electron chi connectivity index (χ4n) is 0.783. The molecule has 0 aliphatic carbocycles. The van der Waals surface area contributed by atoms with Gasteiger partial charge in [0.05, 0.1) is 6.61 Å². The fraction of sp³-hybridized carbons (Fsp3) is 0.889. The van der Waals surface area contributed by atoms with E-state index in [1.54, 1.807) is 18.7 Å². The van der Waals surface area contributed by atoms with Crippen LogP contribution in [0.15, 0.2) is 0 Å². The standard InChI is InChI=1S/C5H9NO.C4H11NO/c1-6-4-2-3-5(6)7;1-4(2,5)3-6/h2-4H2,1H3;6H,3,5H2,1-2H3. The summed E-state index contributed by atoms with van der Waals surface area (Å²) < 4.78 is 0. The molecule has 1 aliphatic heterocycles. The quantitative estimate of drug-likeness (QED) is 0.606. The second-order valence-electron chi connectivity index (χ2n) is 4.07. The molecule has 1 amide bonds. The predicted octanol–water partition coefficient (Wildman–Crippen LogP) is -0.0454. The molecule has 0 aromatic carbocycles. The second kappa shape index (κ2) is 5.19. The molecule has 0 saturated carbocycles. The lowest BCUT2D eigenvalue weighted by atomic mass is 10.1. The number of rotatable bonds is 1. The SMILES string of the molecule is CC(C)(N)CO.CN1CCCC1=O. The highest BCUT2D eigenvalue weighted by Crippen LogP contribution is 2.04. The van der Waals surface area contributed by atoms with Gasteiger partial charge in [-0.2, -0.15) is 0 Å². The Morgan fingerprint density at radius 3 is 2.15 bits per heavy atom. The topological polar surface area (TPSA) is 66.6 Å². The lowest BCUT2D eigenvalue weighted by molar-refractivity contribution is -0.126. The monoisotopic (exact) mass is 188 g/mol. The molecular weight excluding hydrogens is 168 g/mol. The van der Waals surface area contributed by atoms with Gasteiger partial charge in [0.1, 0.15) is 0 Å². The zero-order chi connectivity index (χ0) is 10.5. The summed E-state index contributed by atoms with van der Waals surface area (Å²) in [6.45, 7) is 4.55. The van der Waals surface area contributed by atoms with E-state index in [4.69, 9.17) is 10.8 Å². The van der Waals surface area contributed by atoms with Crippen molar-refractivity contribution in [1.82, 2.24) is 4.90 Å². The Labute approximate surface area is 79.7 Å². The first-order valence-electron chi connectivity index (χ1n) is 4.50. The Balaban J connectivity index is 0.000000226. The molecule has 0 unspecified atom stereocenters. The summed E-state index contributed by atoms with van der Waals surface area (Å²) in [6.07, 6.45) is 1.81. The summed E-state index contributed by atoms with van der Waals surface area (Å²) in [7, 11) is 1.84. The highest BCUT2D eigenvalue weighted by Gasteiger charge is 2.14. The average Bonchev–Trinajstić information content (AvgIpc) is 2.36. The lowest BCUT2D eigenvalue weighted by Crippen LogP contribution is -2.35. The van der Waals surface area contributed by atoms with Crippen molar-refractivity contribution >= 4 is 5.91 Å². The van der Waals surface area contributed by atoms with Crippen LogP contribution in [0.3, 0.4) is 0 Å². The maximum Gasteiger partial charge on any atom is 0.222 e. The van der Waals surface area contributed by atoms with Crippen LogP contribution < -0.4 is 5.73 Å². The minimum absolute atomic E-state index is 0.0486. The zero-order valence-corrected chi connectivity index (χ0v) is 8.71. The van der Waals surface area contributed by atoms with Crippen LogP contribution in [0.5, 0.6) is 0 Å². The van der Waals surface area contributed by atoms with Gasteiger partial charge in [-0.25, -0.2) is 0 Å². The molecule has 1 rings (SSSR count). The number of carbonyl (C=O) groups excluding carboxylic acids is 1. The molecule has 4 nitrogen and oxygen atoms in total. The van der Waals surface area contributed by atoms with Crippen LogP contribution in [0.4, 0.5) is 0 Å². The van der Waals surface area contributed by atoms with Gasteiger partial charge in [0.15, 0.2) is 0 Å². The Bertz CT molecular complexity index is 163. The van der Waals surface area contributed by atoms with Crippen LogP contribution >= 0.6 is 0 Å². The third-order valence-corrected chi connectivity index (χ3v) is 1.72. The van der Waals surface area contributed by atoms with Crippen molar-refractivity contribution in [3.05, 3.63) is 0 Å². The lowest BCUT2D eigenvalue weighted by Gasteiger charge is -2.12. The van der Waals surface area contributed by atoms with E-state index in [1.165, 1.54) is 0 Å². The average molecular weight is 188 g/mol. The Morgan fingerprint density at radius 2 is 2.08 bits per heavy atom. The van der Waals surface area contributed by atoms with Crippen molar-refractivity contribution in [3.63, 3.8) is 0 Å². The van der Waals surface area contributed by atoms with Crippen LogP contribution in [-0.2, 0) is 4.79 Å². The van der Waals surface area contributed by atoms with Crippen molar-refractivity contribution in [2.24, 2.45) is 5.73 Å². The van der Waals surface area contributed by atoms with Gasteiger partial charge in [0.2, 0.25) is 5.91 Å². The van der Waals surface area contributed by atoms with Crippen molar-refractivity contribution in [1.29, 1.82) is 0 Å². The molecule has 0 aromatic heterocycles. The van der Waals surface area contributed by atoms with Gasteiger partial charge in [-0.3, -0.25) is 4.79 Å². The largest absolute Gasteiger partial charge is 0.394 e. The number of nitrogens with two attached hydrogens (primary N) is 1. The first-order chi connectivity index (χ1) is 5.87. The fourth-order valence-corrected chi connectivity index (χ4v) is 0.783. The van der Waals surface area contributed by atoms with Crippen molar-refractivity contribution in [2.75, 3.05) is 20.2 Å². The van der Waals surface area contributed by atoms with E-state index >= 15 is 0 Å². The van der Waals surface area contributed by atoms with Gasteiger partial charge in [0, 0.05) is 25.6 Å².